The Kier molecular flexibility index (Phi) is 50.3. The molecule has 0 bridgehead atoms. The monoisotopic (exact) mass is 2080 g/mol. The summed E-state index contributed by atoms with van der Waals surface area (Å²) >= 11 is 0. The van der Waals surface area contributed by atoms with Crippen LogP contribution in [0.4, 0.5) is 13.2 Å². The van der Waals surface area contributed by atoms with Crippen molar-refractivity contribution in [2.24, 2.45) is 56.7 Å². The van der Waals surface area contributed by atoms with Crippen molar-refractivity contribution in [2.45, 2.75) is 418 Å². The van der Waals surface area contributed by atoms with Crippen molar-refractivity contribution in [3.05, 3.63) is 265 Å². The van der Waals surface area contributed by atoms with Crippen LogP contribution in [0.15, 0.2) is 164 Å². The van der Waals surface area contributed by atoms with E-state index in [0.717, 1.165) is 101 Å². The van der Waals surface area contributed by atoms with Crippen LogP contribution in [0, 0.1) is 96.0 Å². The number of alkyl halides is 1. The number of benzene rings is 7. The summed E-state index contributed by atoms with van der Waals surface area (Å²) in [6.07, 6.45) is 16.3. The van der Waals surface area contributed by atoms with Crippen LogP contribution in [0.25, 0.3) is 5.65 Å². The molecule has 4 aliphatic rings. The smallest absolute Gasteiger partial charge is 0.338 e. The second-order valence-corrected chi connectivity index (χ2v) is 54.7. The van der Waals surface area contributed by atoms with Gasteiger partial charge in [-0.2, -0.15) is 0 Å². The molecule has 2 heterocycles. The molecule has 0 aliphatic heterocycles. The standard InChI is InChI=1S/C12H16N2.2C12H16O3.C12H18O.C11H13FO2.C11H15F.C11H14O2.C11H22O.C11H16.C10H18O2.C9H17F.C9H18/c1-9-5-7-14-8-6-13-11(14)10(9)12(2,3)4;1-12(2,3)9-7-8(11(13)14)5-6-10(9)15-4;1-12(2,3)9-6-5-8(11(13)14)7-10(9)15-4;1-9-7-6-8-10(11(9)13-5)12(2,3)4;1-11(2,3)8-6-4-5-7(9(8)12)10(13)14;1-8-5-6-10(12)9(7-8)11(2,3)4;1-11(2,3)9-6-4-5-8(7-9)10(12)13;1-5-6-12-10-7-9(8-10)11(2,3)4;1-9-5-7-10(8-6-9)11(2,3)4;1-9(2,3)7-5-10(4,6-7)8(11)12;1-8(2,3)7-5-9(4,10)6-7;1-7-5-8(6-7)9(2,3)4/h5-8H,1-4H3;2*5-7H,1-4H3,(H,13,14);6-8H,1-5H3;4-6H,1-3H3,(H,13,14);5-7H,1-4H3;4-7H,1-3H3,(H,12,13);9-10H,5-8H2,1-4H3;5-8H,1-4H3;7H,5-6H2,1-4H3,(H,11,12);7H,5-6H2,1-4H3;7-8H,5-6H2,1-4H3. The first-order valence-electron chi connectivity index (χ1n) is 53.6. The molecule has 838 valence electrons. The van der Waals surface area contributed by atoms with Gasteiger partial charge in [0.1, 0.15) is 40.2 Å². The Bertz CT molecular complexity index is 5730. The molecule has 19 heteroatoms. The number of imidazole rings is 1. The number of rotatable bonds is 11. The van der Waals surface area contributed by atoms with E-state index in [1.54, 1.807) is 95.0 Å². The maximum atomic E-state index is 13.6. The molecule has 4 fully saturated rings. The van der Waals surface area contributed by atoms with Gasteiger partial charge in [-0.05, 0) is 299 Å². The predicted molar refractivity (Wildman–Crippen MR) is 619 cm³/mol. The van der Waals surface area contributed by atoms with Gasteiger partial charge in [0, 0.05) is 36.3 Å². The van der Waals surface area contributed by atoms with Crippen molar-refractivity contribution in [1.29, 1.82) is 0 Å². The quantitative estimate of drug-likeness (QED) is 0.0809. The third-order valence-corrected chi connectivity index (χ3v) is 28.3. The van der Waals surface area contributed by atoms with Crippen LogP contribution in [0.2, 0.25) is 0 Å². The first-order valence-corrected chi connectivity index (χ1v) is 53.6. The number of carbonyl (C=O) groups is 5. The van der Waals surface area contributed by atoms with Crippen LogP contribution in [0.1, 0.15) is 443 Å². The summed E-state index contributed by atoms with van der Waals surface area (Å²) in [4.78, 5) is 58.1. The van der Waals surface area contributed by atoms with Gasteiger partial charge in [-0.3, -0.25) is 4.79 Å². The maximum absolute atomic E-state index is 13.6. The van der Waals surface area contributed by atoms with Crippen LogP contribution < -0.4 is 14.2 Å². The number of carboxylic acids is 5. The Morgan fingerprint density at radius 1 is 0.393 bits per heavy atom. The SMILES string of the molecule is CC(C)(C)c1cccc(C(=O)O)c1.CC(C)(C)c1cccc(C(=O)O)c1F.CC1(C(=O)O)CC(C(C)(C)C)C1.CC1(F)CC(C(C)(C)C)C1.CC1CC(C(C)(C)C)C1.CCCOC1CC(C(C)(C)C)C1.COc1c(C)cccc1C(C)(C)C.COc1cc(C(=O)O)ccc1C(C)(C)C.COc1ccc(C(=O)O)cc1C(C)(C)C.Cc1ccc(C(C)(C)C)cc1.Cc1ccc(F)c(C(C)(C)C)c1.Cc1ccn2ccnc2c1C(C)(C)C. The van der Waals surface area contributed by atoms with Crippen LogP contribution in [-0.2, 0) is 52.9 Å². The fourth-order valence-electron chi connectivity index (χ4n) is 17.8. The lowest BCUT2D eigenvalue weighted by atomic mass is 9.55. The van der Waals surface area contributed by atoms with Gasteiger partial charge in [0.15, 0.2) is 0 Å². The van der Waals surface area contributed by atoms with E-state index in [0.29, 0.717) is 56.6 Å². The van der Waals surface area contributed by atoms with Gasteiger partial charge in [0.05, 0.1) is 55.1 Å². The molecule has 0 saturated heterocycles. The number of carboxylic acid groups (broad SMARTS) is 5. The predicted octanol–water partition coefficient (Wildman–Crippen LogP) is 35.9. The van der Waals surface area contributed by atoms with Gasteiger partial charge in [0.2, 0.25) is 0 Å². The van der Waals surface area contributed by atoms with E-state index in [2.05, 4.69) is 286 Å². The minimum Gasteiger partial charge on any atom is -0.496 e. The van der Waals surface area contributed by atoms with Gasteiger partial charge in [0.25, 0.3) is 0 Å². The Hall–Kier alpha value is -10.3. The molecule has 0 atom stereocenters. The van der Waals surface area contributed by atoms with Gasteiger partial charge < -0.3 is 48.9 Å². The van der Waals surface area contributed by atoms with Gasteiger partial charge in [-0.25, -0.2) is 37.3 Å². The van der Waals surface area contributed by atoms with Gasteiger partial charge >= 0.3 is 29.8 Å². The summed E-state index contributed by atoms with van der Waals surface area (Å²) in [6.45, 7) is 94.5. The molecule has 4 aliphatic carbocycles. The van der Waals surface area contributed by atoms with E-state index in [9.17, 15) is 37.1 Å². The molecular formula is C131H199F3N2O14. The Morgan fingerprint density at radius 3 is 1.20 bits per heavy atom. The highest BCUT2D eigenvalue weighted by Crippen LogP contribution is 2.54. The van der Waals surface area contributed by atoms with E-state index >= 15 is 0 Å². The number of pyridine rings is 1. The van der Waals surface area contributed by atoms with Crippen molar-refractivity contribution in [3.8, 4) is 17.2 Å². The molecular weight excluding hydrogens is 1880 g/mol. The zero-order valence-corrected chi connectivity index (χ0v) is 102. The fourth-order valence-corrected chi connectivity index (χ4v) is 17.8. The summed E-state index contributed by atoms with van der Waals surface area (Å²) in [6, 6.07) is 43.8. The molecule has 7 aromatic carbocycles. The topological polar surface area (TPSA) is 241 Å². The number of methoxy groups -OCH3 is 3. The lowest BCUT2D eigenvalue weighted by molar-refractivity contribution is -0.159. The number of aromatic carboxylic acids is 4. The van der Waals surface area contributed by atoms with Crippen molar-refractivity contribution < 1.29 is 81.6 Å². The normalized spacial score (nSPS) is 18.4. The molecule has 5 N–H and O–H groups in total. The Labute approximate surface area is 905 Å². The number of ether oxygens (including phenoxy) is 4. The molecule has 16 nitrogen and oxygen atoms in total. The molecule has 0 unspecified atom stereocenters. The summed E-state index contributed by atoms with van der Waals surface area (Å²) in [7, 11) is 4.87. The van der Waals surface area contributed by atoms with Crippen molar-refractivity contribution >= 4 is 35.5 Å². The molecule has 13 rings (SSSR count). The number of aryl methyl sites for hydroxylation is 4. The van der Waals surface area contributed by atoms with Crippen LogP contribution >= 0.6 is 0 Å². The number of aromatic nitrogens is 2. The van der Waals surface area contributed by atoms with Gasteiger partial charge in [-0.1, -0.05) is 359 Å². The minimum absolute atomic E-state index is 0.00542. The number of halogens is 3. The van der Waals surface area contributed by atoms with E-state index < -0.39 is 46.7 Å². The second kappa shape index (κ2) is 55.5. The average Bonchev–Trinajstić information content (AvgIpc) is 0.897. The molecule has 2 aromatic heterocycles. The fraction of sp³-hybridized carbons (Fsp3) is 0.588. The first kappa shape index (κ1) is 136. The van der Waals surface area contributed by atoms with Crippen molar-refractivity contribution in [3.63, 3.8) is 0 Å². The lowest BCUT2D eigenvalue weighted by Crippen LogP contribution is -2.46. The van der Waals surface area contributed by atoms with E-state index in [1.807, 2.05) is 107 Å². The molecule has 150 heavy (non-hydrogen) atoms. The zero-order chi connectivity index (χ0) is 116. The number of fused-ring (bicyclic) bond motifs is 1. The van der Waals surface area contributed by atoms with Gasteiger partial charge in [-0.15, -0.1) is 0 Å². The number of nitrogens with zero attached hydrogens (tertiary/aromatic N) is 2. The summed E-state index contributed by atoms with van der Waals surface area (Å²) in [5, 5.41) is 44.1. The highest BCUT2D eigenvalue weighted by molar-refractivity contribution is 5.90. The number of aliphatic carboxylic acids is 1. The highest BCUT2D eigenvalue weighted by atomic mass is 19.1. The Morgan fingerprint density at radius 2 is 0.820 bits per heavy atom. The second-order valence-electron chi connectivity index (χ2n) is 54.7. The largest absolute Gasteiger partial charge is 0.496 e. The Balaban J connectivity index is 0.000000554. The zero-order valence-electron chi connectivity index (χ0n) is 102. The van der Waals surface area contributed by atoms with Crippen LogP contribution in [-0.4, -0.2) is 104 Å². The maximum Gasteiger partial charge on any atom is 0.338 e. The average molecular weight is 2080 g/mol. The first-order chi connectivity index (χ1) is 67.9. The third-order valence-electron chi connectivity index (χ3n) is 28.3. The molecule has 0 spiro atoms. The molecule has 0 radical (unpaired) electrons. The van der Waals surface area contributed by atoms with E-state index in [1.165, 1.54) is 71.2 Å². The number of para-hydroxylation sites is 1. The van der Waals surface area contributed by atoms with Crippen LogP contribution in [0.5, 0.6) is 17.2 Å². The lowest BCUT2D eigenvalue weighted by Gasteiger charge is -2.48. The molecule has 0 amide bonds. The minimum atomic E-state index is -1.23. The molecule has 4 saturated carbocycles. The van der Waals surface area contributed by atoms with Crippen LogP contribution in [0.3, 0.4) is 0 Å². The van der Waals surface area contributed by atoms with Crippen molar-refractivity contribution in [1.82, 2.24) is 9.38 Å². The number of hydrogen-bond acceptors (Lipinski definition) is 10. The van der Waals surface area contributed by atoms with Crippen molar-refractivity contribution in [2.75, 3.05) is 27.9 Å². The summed E-state index contributed by atoms with van der Waals surface area (Å²) in [5.74, 6) is 1.15. The number of hydrogen-bond donors (Lipinski definition) is 5. The third kappa shape index (κ3) is 44.8. The van der Waals surface area contributed by atoms with E-state index in [4.69, 9.17) is 44.5 Å². The highest BCUT2D eigenvalue weighted by Gasteiger charge is 2.50. The summed E-state index contributed by atoms with van der Waals surface area (Å²) in [5.41, 5.74) is 15.2. The summed E-state index contributed by atoms with van der Waals surface area (Å²) < 4.78 is 63.4. The molecule has 9 aromatic rings. The van der Waals surface area contributed by atoms with E-state index in [-0.39, 0.29) is 65.7 Å².